The van der Waals surface area contributed by atoms with Crippen LogP contribution in [0, 0.1) is 11.3 Å². The highest BCUT2D eigenvalue weighted by molar-refractivity contribution is 5.60. The van der Waals surface area contributed by atoms with Crippen LogP contribution >= 0.6 is 0 Å². The highest BCUT2D eigenvalue weighted by Gasteiger charge is 2.15. The summed E-state index contributed by atoms with van der Waals surface area (Å²) < 4.78 is 29.3. The number of pyridine rings is 1. The number of hydrogen-bond acceptors (Lipinski definition) is 4. The first-order valence-electron chi connectivity index (χ1n) is 3.62. The largest absolute Gasteiger partial charge is 0.494 e. The molecule has 1 heterocycles. The molecule has 1 rings (SSSR count). The molecule has 0 aliphatic rings. The molecule has 0 saturated carbocycles. The maximum Gasteiger partial charge on any atom is 0.280 e. The molecule has 1 aromatic rings. The quantitative estimate of drug-likeness (QED) is 0.782. The Morgan fingerprint density at radius 1 is 1.64 bits per heavy atom. The predicted molar refractivity (Wildman–Crippen MR) is 44.9 cm³/mol. The van der Waals surface area contributed by atoms with Crippen molar-refractivity contribution < 1.29 is 13.5 Å². The molecule has 0 spiro atoms. The van der Waals surface area contributed by atoms with E-state index < -0.39 is 12.1 Å². The van der Waals surface area contributed by atoms with Crippen LogP contribution in [0.5, 0.6) is 5.75 Å². The Bertz CT molecular complexity index is 387. The highest BCUT2D eigenvalue weighted by Crippen LogP contribution is 2.28. The zero-order chi connectivity index (χ0) is 10.7. The number of anilines is 1. The van der Waals surface area contributed by atoms with Crippen LogP contribution in [-0.2, 0) is 0 Å². The maximum absolute atomic E-state index is 12.3. The minimum absolute atomic E-state index is 0.0283. The predicted octanol–water partition coefficient (Wildman–Crippen LogP) is 1.48. The Hall–Kier alpha value is -1.90. The van der Waals surface area contributed by atoms with E-state index in [1.165, 1.54) is 7.11 Å². The molecule has 0 saturated heterocycles. The lowest BCUT2D eigenvalue weighted by atomic mass is 10.2. The zero-order valence-corrected chi connectivity index (χ0v) is 7.29. The zero-order valence-electron chi connectivity index (χ0n) is 7.29. The van der Waals surface area contributed by atoms with E-state index in [-0.39, 0.29) is 17.1 Å². The van der Waals surface area contributed by atoms with Gasteiger partial charge in [0, 0.05) is 6.07 Å². The fraction of sp³-hybridized carbons (Fsp3) is 0.250. The highest BCUT2D eigenvalue weighted by atomic mass is 19.3. The summed E-state index contributed by atoms with van der Waals surface area (Å²) in [5, 5.41) is 8.55. The van der Waals surface area contributed by atoms with Gasteiger partial charge in [-0.2, -0.15) is 5.26 Å². The Morgan fingerprint density at radius 3 is 2.71 bits per heavy atom. The molecule has 0 bridgehead atoms. The van der Waals surface area contributed by atoms with Gasteiger partial charge in [-0.25, -0.2) is 13.8 Å². The second-order valence-electron chi connectivity index (χ2n) is 2.42. The maximum atomic E-state index is 12.3. The Balaban J connectivity index is 3.34. The summed E-state index contributed by atoms with van der Waals surface area (Å²) in [6, 6.07) is 2.63. The lowest BCUT2D eigenvalue weighted by molar-refractivity contribution is 0.145. The number of nitrogens with two attached hydrogens (primary N) is 1. The van der Waals surface area contributed by atoms with Gasteiger partial charge in [-0.3, -0.25) is 0 Å². The van der Waals surface area contributed by atoms with Crippen molar-refractivity contribution in [1.29, 1.82) is 5.26 Å². The van der Waals surface area contributed by atoms with Crippen LogP contribution in [0.25, 0.3) is 0 Å². The number of nitrogen functional groups attached to an aromatic ring is 1. The summed E-state index contributed by atoms with van der Waals surface area (Å²) in [7, 11) is 1.28. The van der Waals surface area contributed by atoms with E-state index in [4.69, 9.17) is 15.7 Å². The van der Waals surface area contributed by atoms with Gasteiger partial charge in [0.25, 0.3) is 6.43 Å². The molecule has 74 valence electrons. The Kier molecular flexibility index (Phi) is 2.82. The van der Waals surface area contributed by atoms with E-state index in [2.05, 4.69) is 4.98 Å². The first-order valence-corrected chi connectivity index (χ1v) is 3.62. The summed E-state index contributed by atoms with van der Waals surface area (Å²) >= 11 is 0. The summed E-state index contributed by atoms with van der Waals surface area (Å²) in [5.74, 6) is 0.0341. The smallest absolute Gasteiger partial charge is 0.280 e. The van der Waals surface area contributed by atoms with Crippen LogP contribution in [0.2, 0.25) is 0 Å². The molecule has 0 fully saturated rings. The van der Waals surface area contributed by atoms with Gasteiger partial charge in [0.15, 0.2) is 5.69 Å². The average Bonchev–Trinajstić information content (AvgIpc) is 2.17. The Morgan fingerprint density at radius 2 is 2.29 bits per heavy atom. The summed E-state index contributed by atoms with van der Waals surface area (Å²) in [4.78, 5) is 3.38. The molecule has 6 heteroatoms. The average molecular weight is 199 g/mol. The van der Waals surface area contributed by atoms with Crippen molar-refractivity contribution in [3.05, 3.63) is 17.5 Å². The van der Waals surface area contributed by atoms with E-state index in [9.17, 15) is 8.78 Å². The molecule has 0 radical (unpaired) electrons. The molecule has 1 aromatic heterocycles. The van der Waals surface area contributed by atoms with Crippen molar-refractivity contribution in [2.24, 2.45) is 0 Å². The molecule has 0 aliphatic carbocycles. The number of halogens is 2. The van der Waals surface area contributed by atoms with Gasteiger partial charge in [-0.1, -0.05) is 0 Å². The number of methoxy groups -OCH3 is 1. The normalized spacial score (nSPS) is 9.93. The number of alkyl halides is 2. The minimum atomic E-state index is -2.75. The fourth-order valence-electron chi connectivity index (χ4n) is 0.916. The van der Waals surface area contributed by atoms with Crippen molar-refractivity contribution in [1.82, 2.24) is 4.98 Å². The molecule has 0 aromatic carbocycles. The van der Waals surface area contributed by atoms with Gasteiger partial charge >= 0.3 is 0 Å². The third-order valence-corrected chi connectivity index (χ3v) is 1.59. The van der Waals surface area contributed by atoms with Crippen molar-refractivity contribution in [2.75, 3.05) is 12.8 Å². The first-order chi connectivity index (χ1) is 6.60. The van der Waals surface area contributed by atoms with Crippen LogP contribution in [0.4, 0.5) is 14.5 Å². The molecule has 0 atom stereocenters. The number of ether oxygens (including phenoxy) is 1. The number of nitrogens with zero attached hydrogens (tertiary/aromatic N) is 2. The van der Waals surface area contributed by atoms with Crippen molar-refractivity contribution in [2.45, 2.75) is 6.43 Å². The molecular formula is C8H7F2N3O. The molecule has 0 unspecified atom stereocenters. The Labute approximate surface area is 78.9 Å². The van der Waals surface area contributed by atoms with Gasteiger partial charge in [0.2, 0.25) is 0 Å². The van der Waals surface area contributed by atoms with Gasteiger partial charge in [0.1, 0.15) is 23.2 Å². The molecule has 14 heavy (non-hydrogen) atoms. The number of aromatic nitrogens is 1. The fourth-order valence-corrected chi connectivity index (χ4v) is 0.916. The number of hydrogen-bond donors (Lipinski definition) is 1. The lowest BCUT2D eigenvalue weighted by Gasteiger charge is -2.07. The summed E-state index contributed by atoms with van der Waals surface area (Å²) in [6.45, 7) is 0. The van der Waals surface area contributed by atoms with Gasteiger partial charge in [-0.05, 0) is 0 Å². The number of nitriles is 1. The summed E-state index contributed by atoms with van der Waals surface area (Å²) in [5.41, 5.74) is 4.62. The first kappa shape index (κ1) is 10.2. The van der Waals surface area contributed by atoms with Crippen LogP contribution in [-0.4, -0.2) is 12.1 Å². The molecule has 0 aliphatic heterocycles. The standard InChI is InChI=1S/C8H7F2N3O/c1-14-6-2-4(8(9)10)13-5(3-11)7(6)12/h2,8H,12H2,1H3. The van der Waals surface area contributed by atoms with E-state index in [1.807, 2.05) is 0 Å². The molecule has 4 nitrogen and oxygen atoms in total. The monoisotopic (exact) mass is 199 g/mol. The van der Waals surface area contributed by atoms with E-state index in [0.29, 0.717) is 0 Å². The van der Waals surface area contributed by atoms with Crippen molar-refractivity contribution in [3.8, 4) is 11.8 Å². The van der Waals surface area contributed by atoms with E-state index in [1.54, 1.807) is 6.07 Å². The van der Waals surface area contributed by atoms with Crippen LogP contribution in [0.3, 0.4) is 0 Å². The third-order valence-electron chi connectivity index (χ3n) is 1.59. The molecule has 2 N–H and O–H groups in total. The van der Waals surface area contributed by atoms with Crippen LogP contribution in [0.1, 0.15) is 17.8 Å². The topological polar surface area (TPSA) is 71.9 Å². The number of rotatable bonds is 2. The SMILES string of the molecule is COc1cc(C(F)F)nc(C#N)c1N. The lowest BCUT2D eigenvalue weighted by Crippen LogP contribution is -2.02. The third kappa shape index (κ3) is 1.71. The van der Waals surface area contributed by atoms with Crippen LogP contribution < -0.4 is 10.5 Å². The molecule has 0 amide bonds. The van der Waals surface area contributed by atoms with Crippen molar-refractivity contribution in [3.63, 3.8) is 0 Å². The van der Waals surface area contributed by atoms with Gasteiger partial charge in [-0.15, -0.1) is 0 Å². The van der Waals surface area contributed by atoms with Gasteiger partial charge < -0.3 is 10.5 Å². The minimum Gasteiger partial charge on any atom is -0.494 e. The second kappa shape index (κ2) is 3.87. The van der Waals surface area contributed by atoms with Gasteiger partial charge in [0.05, 0.1) is 7.11 Å². The second-order valence-corrected chi connectivity index (χ2v) is 2.42. The van der Waals surface area contributed by atoms with Crippen LogP contribution in [0.15, 0.2) is 6.07 Å². The van der Waals surface area contributed by atoms with Crippen molar-refractivity contribution >= 4 is 5.69 Å². The van der Waals surface area contributed by atoms with E-state index in [0.717, 1.165) is 6.07 Å². The van der Waals surface area contributed by atoms with E-state index >= 15 is 0 Å². The summed E-state index contributed by atoms with van der Waals surface area (Å²) in [6.07, 6.45) is -2.75. The molecular weight excluding hydrogens is 192 g/mol.